The van der Waals surface area contributed by atoms with Crippen molar-refractivity contribution in [3.63, 3.8) is 0 Å². The molecule has 0 saturated carbocycles. The molecule has 0 radical (unpaired) electrons. The summed E-state index contributed by atoms with van der Waals surface area (Å²) in [7, 11) is 0. The number of carboxylic acids is 1. The van der Waals surface area contributed by atoms with E-state index >= 15 is 0 Å². The zero-order chi connectivity index (χ0) is 10.9. The summed E-state index contributed by atoms with van der Waals surface area (Å²) in [6, 6.07) is 0. The third kappa shape index (κ3) is 1.56. The first-order valence-corrected chi connectivity index (χ1v) is 3.47. The maximum absolute atomic E-state index is 12.3. The Hall–Kier alpha value is -1.92. The van der Waals surface area contributed by atoms with Gasteiger partial charge in [-0.1, -0.05) is 0 Å². The normalized spacial score (nSPS) is 10.5. The molecule has 5 nitrogen and oxygen atoms in total. The van der Waals surface area contributed by atoms with Gasteiger partial charge in [0.2, 0.25) is 0 Å². The first-order valence-electron chi connectivity index (χ1n) is 3.47. The maximum Gasteiger partial charge on any atom is 0.338 e. The number of pyridine rings is 1. The fourth-order valence-corrected chi connectivity index (χ4v) is 1.01. The first kappa shape index (κ1) is 10.2. The van der Waals surface area contributed by atoms with E-state index in [0.717, 1.165) is 6.20 Å². The number of alkyl halides is 2. The standard InChI is InChI=1S/C7H6F2N2O3/c8-5(9)4-3(7(13)14)2(10)1-11-6(4)12/h1,5H,10H2,(H,11,12)(H,13,14). The number of aromatic carboxylic acids is 1. The predicted molar refractivity (Wildman–Crippen MR) is 43.4 cm³/mol. The van der Waals surface area contributed by atoms with Crippen molar-refractivity contribution in [2.24, 2.45) is 0 Å². The molecule has 1 aromatic rings. The van der Waals surface area contributed by atoms with E-state index in [2.05, 4.69) is 0 Å². The maximum atomic E-state index is 12.3. The van der Waals surface area contributed by atoms with Gasteiger partial charge in [-0.3, -0.25) is 4.79 Å². The molecule has 0 aliphatic heterocycles. The molecule has 1 rings (SSSR count). The van der Waals surface area contributed by atoms with Crippen LogP contribution >= 0.6 is 0 Å². The van der Waals surface area contributed by atoms with Gasteiger partial charge >= 0.3 is 5.97 Å². The number of nitrogens with two attached hydrogens (primary N) is 1. The lowest BCUT2D eigenvalue weighted by molar-refractivity contribution is 0.0685. The van der Waals surface area contributed by atoms with E-state index in [4.69, 9.17) is 10.8 Å². The number of rotatable bonds is 2. The second kappa shape index (κ2) is 3.44. The minimum Gasteiger partial charge on any atom is -0.478 e. The summed E-state index contributed by atoms with van der Waals surface area (Å²) in [5, 5.41) is 8.55. The van der Waals surface area contributed by atoms with E-state index in [1.54, 1.807) is 0 Å². The van der Waals surface area contributed by atoms with Gasteiger partial charge < -0.3 is 15.8 Å². The third-order valence-corrected chi connectivity index (χ3v) is 1.59. The lowest BCUT2D eigenvalue weighted by atomic mass is 10.1. The van der Waals surface area contributed by atoms with Crippen molar-refractivity contribution in [2.45, 2.75) is 6.43 Å². The number of nitrogens with one attached hydrogen (secondary N) is 1. The smallest absolute Gasteiger partial charge is 0.338 e. The van der Waals surface area contributed by atoms with Crippen LogP contribution in [0.2, 0.25) is 0 Å². The summed E-state index contributed by atoms with van der Waals surface area (Å²) in [6.07, 6.45) is -2.30. The highest BCUT2D eigenvalue weighted by atomic mass is 19.3. The van der Waals surface area contributed by atoms with E-state index in [0.29, 0.717) is 0 Å². The second-order valence-electron chi connectivity index (χ2n) is 2.47. The molecule has 0 atom stereocenters. The molecule has 1 heterocycles. The van der Waals surface area contributed by atoms with Crippen LogP contribution in [0.5, 0.6) is 0 Å². The number of H-pyrrole nitrogens is 1. The third-order valence-electron chi connectivity index (χ3n) is 1.59. The number of aromatic amines is 1. The summed E-state index contributed by atoms with van der Waals surface area (Å²) in [5.74, 6) is -1.65. The zero-order valence-electron chi connectivity index (χ0n) is 6.75. The number of nitrogen functional groups attached to an aromatic ring is 1. The van der Waals surface area contributed by atoms with E-state index in [1.807, 2.05) is 4.98 Å². The van der Waals surface area contributed by atoms with Gasteiger partial charge in [-0.2, -0.15) is 0 Å². The Bertz CT molecular complexity index is 427. The van der Waals surface area contributed by atoms with Crippen molar-refractivity contribution >= 4 is 11.7 Å². The number of hydrogen-bond donors (Lipinski definition) is 3. The van der Waals surface area contributed by atoms with Crippen LogP contribution in [0.15, 0.2) is 11.0 Å². The van der Waals surface area contributed by atoms with Gasteiger partial charge in [0.25, 0.3) is 12.0 Å². The lowest BCUT2D eigenvalue weighted by Gasteiger charge is -2.05. The molecular weight excluding hydrogens is 198 g/mol. The van der Waals surface area contributed by atoms with Gasteiger partial charge in [-0.15, -0.1) is 0 Å². The summed E-state index contributed by atoms with van der Waals surface area (Å²) < 4.78 is 24.6. The van der Waals surface area contributed by atoms with E-state index in [9.17, 15) is 18.4 Å². The number of hydrogen-bond acceptors (Lipinski definition) is 3. The number of aromatic nitrogens is 1. The van der Waals surface area contributed by atoms with Crippen LogP contribution in [-0.2, 0) is 0 Å². The Morgan fingerprint density at radius 2 is 2.14 bits per heavy atom. The van der Waals surface area contributed by atoms with Gasteiger partial charge in [0.1, 0.15) is 0 Å². The van der Waals surface area contributed by atoms with E-state index < -0.39 is 34.8 Å². The zero-order valence-corrected chi connectivity index (χ0v) is 6.75. The van der Waals surface area contributed by atoms with Crippen LogP contribution in [0, 0.1) is 0 Å². The quantitative estimate of drug-likeness (QED) is 0.656. The Kier molecular flexibility index (Phi) is 2.50. The lowest BCUT2D eigenvalue weighted by Crippen LogP contribution is -2.20. The largest absolute Gasteiger partial charge is 0.478 e. The molecule has 0 spiro atoms. The van der Waals surface area contributed by atoms with Crippen molar-refractivity contribution < 1.29 is 18.7 Å². The van der Waals surface area contributed by atoms with Crippen molar-refractivity contribution in [3.8, 4) is 0 Å². The van der Waals surface area contributed by atoms with Gasteiger partial charge in [-0.05, 0) is 0 Å². The monoisotopic (exact) mass is 204 g/mol. The molecule has 76 valence electrons. The fraction of sp³-hybridized carbons (Fsp3) is 0.143. The summed E-state index contributed by atoms with van der Waals surface area (Å²) in [6.45, 7) is 0. The van der Waals surface area contributed by atoms with Crippen molar-refractivity contribution in [1.29, 1.82) is 0 Å². The second-order valence-corrected chi connectivity index (χ2v) is 2.47. The van der Waals surface area contributed by atoms with Crippen LogP contribution in [0.1, 0.15) is 22.3 Å². The average Bonchev–Trinajstić information content (AvgIpc) is 2.07. The predicted octanol–water partition coefficient (Wildman–Crippen LogP) is 0.593. The fourth-order valence-electron chi connectivity index (χ4n) is 1.01. The highest BCUT2D eigenvalue weighted by Crippen LogP contribution is 2.22. The number of halogens is 2. The van der Waals surface area contributed by atoms with E-state index in [-0.39, 0.29) is 0 Å². The van der Waals surface area contributed by atoms with Crippen LogP contribution in [-0.4, -0.2) is 16.1 Å². The van der Waals surface area contributed by atoms with Gasteiger partial charge in [-0.25, -0.2) is 13.6 Å². The molecule has 14 heavy (non-hydrogen) atoms. The molecular formula is C7H6F2N2O3. The molecule has 4 N–H and O–H groups in total. The van der Waals surface area contributed by atoms with Gasteiger partial charge in [0.05, 0.1) is 16.8 Å². The molecule has 0 fully saturated rings. The Morgan fingerprint density at radius 3 is 2.50 bits per heavy atom. The van der Waals surface area contributed by atoms with Crippen LogP contribution in [0.3, 0.4) is 0 Å². The summed E-state index contributed by atoms with van der Waals surface area (Å²) in [4.78, 5) is 23.3. The SMILES string of the molecule is Nc1c[nH]c(=O)c(C(F)F)c1C(=O)O. The molecule has 7 heteroatoms. The Morgan fingerprint density at radius 1 is 1.57 bits per heavy atom. The van der Waals surface area contributed by atoms with Crippen LogP contribution in [0.4, 0.5) is 14.5 Å². The Labute approximate surface area is 76.2 Å². The van der Waals surface area contributed by atoms with Crippen molar-refractivity contribution in [3.05, 3.63) is 27.7 Å². The molecule has 1 aromatic heterocycles. The van der Waals surface area contributed by atoms with Crippen LogP contribution < -0.4 is 11.3 Å². The number of anilines is 1. The highest BCUT2D eigenvalue weighted by Gasteiger charge is 2.24. The average molecular weight is 204 g/mol. The van der Waals surface area contributed by atoms with Crippen molar-refractivity contribution in [2.75, 3.05) is 5.73 Å². The highest BCUT2D eigenvalue weighted by molar-refractivity contribution is 5.95. The summed E-state index contributed by atoms with van der Waals surface area (Å²) >= 11 is 0. The Balaban J connectivity index is 3.58. The van der Waals surface area contributed by atoms with Crippen molar-refractivity contribution in [1.82, 2.24) is 4.98 Å². The van der Waals surface area contributed by atoms with Gasteiger partial charge in [0, 0.05) is 6.20 Å². The molecule has 0 amide bonds. The van der Waals surface area contributed by atoms with Crippen LogP contribution in [0.25, 0.3) is 0 Å². The minimum absolute atomic E-state index is 0.396. The molecule has 0 aliphatic carbocycles. The van der Waals surface area contributed by atoms with Gasteiger partial charge in [0.15, 0.2) is 0 Å². The molecule has 0 aromatic carbocycles. The topological polar surface area (TPSA) is 96.2 Å². The summed E-state index contributed by atoms with van der Waals surface area (Å²) in [5.41, 5.74) is 1.64. The first-order chi connectivity index (χ1) is 6.45. The molecule has 0 saturated heterocycles. The molecule has 0 aliphatic rings. The number of carboxylic acid groups (broad SMARTS) is 1. The minimum atomic E-state index is -3.17. The number of carbonyl (C=O) groups is 1. The van der Waals surface area contributed by atoms with E-state index in [1.165, 1.54) is 0 Å². The molecule has 0 bridgehead atoms. The molecule has 0 unspecified atom stereocenters.